The predicted molar refractivity (Wildman–Crippen MR) is 105 cm³/mol. The van der Waals surface area contributed by atoms with E-state index in [-0.39, 0.29) is 23.8 Å². The molecular formula is C20H17F3N4O3S. The summed E-state index contributed by atoms with van der Waals surface area (Å²) < 4.78 is 66.3. The lowest BCUT2D eigenvalue weighted by Gasteiger charge is -2.15. The van der Waals surface area contributed by atoms with Crippen molar-refractivity contribution in [2.45, 2.75) is 43.4 Å². The fourth-order valence-electron chi connectivity index (χ4n) is 3.77. The van der Waals surface area contributed by atoms with Crippen LogP contribution in [0.1, 0.15) is 52.9 Å². The first kappa shape index (κ1) is 20.0. The molecule has 0 spiro atoms. The number of halogens is 3. The molecule has 3 aromatic rings. The maximum absolute atomic E-state index is 13.2. The minimum atomic E-state index is -4.66. The van der Waals surface area contributed by atoms with E-state index in [1.807, 2.05) is 0 Å². The molecule has 0 N–H and O–H groups in total. The van der Waals surface area contributed by atoms with Crippen molar-refractivity contribution >= 4 is 27.2 Å². The summed E-state index contributed by atoms with van der Waals surface area (Å²) in [5, 5.41) is -0.423. The number of imidazole rings is 1. The van der Waals surface area contributed by atoms with Crippen molar-refractivity contribution in [2.24, 2.45) is 0 Å². The highest BCUT2D eigenvalue weighted by Gasteiger charge is 2.38. The first-order chi connectivity index (χ1) is 14.6. The number of anilines is 1. The Hall–Kier alpha value is -2.95. The topological polar surface area (TPSA) is 84.6 Å². The van der Waals surface area contributed by atoms with Crippen molar-refractivity contribution in [3.8, 4) is 0 Å². The van der Waals surface area contributed by atoms with E-state index in [0.717, 1.165) is 35.1 Å². The average molecular weight is 450 g/mol. The van der Waals surface area contributed by atoms with E-state index in [9.17, 15) is 26.4 Å². The molecule has 1 aliphatic heterocycles. The molecule has 0 bridgehead atoms. The zero-order valence-electron chi connectivity index (χ0n) is 16.3. The van der Waals surface area contributed by atoms with E-state index in [1.54, 1.807) is 12.3 Å². The van der Waals surface area contributed by atoms with Gasteiger partial charge in [0.1, 0.15) is 5.65 Å². The van der Waals surface area contributed by atoms with Crippen LogP contribution in [-0.2, 0) is 22.6 Å². The van der Waals surface area contributed by atoms with Crippen LogP contribution in [0.5, 0.6) is 0 Å². The van der Waals surface area contributed by atoms with Crippen molar-refractivity contribution in [1.29, 1.82) is 0 Å². The number of alkyl halides is 3. The van der Waals surface area contributed by atoms with Crippen LogP contribution in [0.3, 0.4) is 0 Å². The number of pyridine rings is 2. The summed E-state index contributed by atoms with van der Waals surface area (Å²) >= 11 is 0. The Balaban J connectivity index is 1.67. The van der Waals surface area contributed by atoms with Gasteiger partial charge in [0.15, 0.2) is 20.7 Å². The molecule has 0 atom stereocenters. The Morgan fingerprint density at radius 3 is 2.61 bits per heavy atom. The van der Waals surface area contributed by atoms with Gasteiger partial charge in [-0.2, -0.15) is 13.2 Å². The molecule has 11 heteroatoms. The van der Waals surface area contributed by atoms with E-state index >= 15 is 0 Å². The van der Waals surface area contributed by atoms with Gasteiger partial charge in [0.25, 0.3) is 5.91 Å². The number of hydrogen-bond donors (Lipinski definition) is 0. The zero-order valence-corrected chi connectivity index (χ0v) is 17.2. The zero-order chi connectivity index (χ0) is 22.1. The Morgan fingerprint density at radius 1 is 1.23 bits per heavy atom. The molecule has 3 aromatic heterocycles. The van der Waals surface area contributed by atoms with E-state index in [4.69, 9.17) is 0 Å². The van der Waals surface area contributed by atoms with E-state index < -0.39 is 32.5 Å². The molecule has 162 valence electrons. The number of hydrogen-bond acceptors (Lipinski definition) is 5. The van der Waals surface area contributed by atoms with Gasteiger partial charge in [-0.15, -0.1) is 0 Å². The van der Waals surface area contributed by atoms with Crippen LogP contribution < -0.4 is 4.90 Å². The SMILES string of the molecule is CCS(=O)(=O)c1c(N2Cc3cnc(C4CC4)cc3C2=O)nc2ccc(C(F)(F)F)cn12. The summed E-state index contributed by atoms with van der Waals surface area (Å²) in [5.41, 5.74) is 0.869. The number of sulfone groups is 1. The molecule has 1 aliphatic carbocycles. The fraction of sp³-hybridized carbons (Fsp3) is 0.350. The van der Waals surface area contributed by atoms with E-state index in [0.29, 0.717) is 23.2 Å². The van der Waals surface area contributed by atoms with E-state index in [2.05, 4.69) is 9.97 Å². The molecular weight excluding hydrogens is 433 g/mol. The van der Waals surface area contributed by atoms with Gasteiger partial charge in [-0.05, 0) is 31.0 Å². The monoisotopic (exact) mass is 450 g/mol. The lowest BCUT2D eigenvalue weighted by atomic mass is 10.1. The molecule has 1 amide bonds. The molecule has 0 aromatic carbocycles. The minimum Gasteiger partial charge on any atom is -0.288 e. The van der Waals surface area contributed by atoms with Crippen LogP contribution in [0, 0.1) is 0 Å². The van der Waals surface area contributed by atoms with Crippen molar-refractivity contribution in [3.63, 3.8) is 0 Å². The van der Waals surface area contributed by atoms with Crippen LogP contribution in [0.25, 0.3) is 5.65 Å². The summed E-state index contributed by atoms with van der Waals surface area (Å²) in [6.07, 6.45) is -0.329. The summed E-state index contributed by atoms with van der Waals surface area (Å²) in [4.78, 5) is 23.0. The number of rotatable bonds is 4. The molecule has 1 fully saturated rings. The van der Waals surface area contributed by atoms with Crippen molar-refractivity contribution in [3.05, 3.63) is 53.0 Å². The summed E-state index contributed by atoms with van der Waals surface area (Å²) in [6.45, 7) is 1.44. The second-order valence-electron chi connectivity index (χ2n) is 7.72. The third-order valence-corrected chi connectivity index (χ3v) is 7.35. The van der Waals surface area contributed by atoms with Crippen molar-refractivity contribution in [2.75, 3.05) is 10.7 Å². The molecule has 1 saturated carbocycles. The number of aromatic nitrogens is 3. The normalized spacial score (nSPS) is 16.9. The molecule has 7 nitrogen and oxygen atoms in total. The van der Waals surface area contributed by atoms with Crippen molar-refractivity contribution in [1.82, 2.24) is 14.4 Å². The molecule has 0 saturated heterocycles. The third-order valence-electron chi connectivity index (χ3n) is 5.62. The van der Waals surface area contributed by atoms with Crippen LogP contribution in [0.2, 0.25) is 0 Å². The van der Waals surface area contributed by atoms with Gasteiger partial charge in [0.05, 0.1) is 17.9 Å². The smallest absolute Gasteiger partial charge is 0.288 e. The molecule has 2 aliphatic rings. The fourth-order valence-corrected chi connectivity index (χ4v) is 4.92. The minimum absolute atomic E-state index is 0.00979. The first-order valence-electron chi connectivity index (χ1n) is 9.73. The number of carbonyl (C=O) groups is 1. The van der Waals surface area contributed by atoms with Gasteiger partial charge in [-0.1, -0.05) is 6.92 Å². The number of amides is 1. The van der Waals surface area contributed by atoms with Gasteiger partial charge in [0.2, 0.25) is 0 Å². The van der Waals surface area contributed by atoms with Crippen LogP contribution >= 0.6 is 0 Å². The molecule has 0 unspecified atom stereocenters. The second-order valence-corrected chi connectivity index (χ2v) is 9.91. The van der Waals surface area contributed by atoms with Crippen molar-refractivity contribution < 1.29 is 26.4 Å². The Labute approximate surface area is 175 Å². The maximum Gasteiger partial charge on any atom is 0.417 e. The standard InChI is InChI=1S/C20H17F3N4O3S/c1-2-31(29,30)19-17(25-16-6-5-13(10-26(16)19)20(21,22)23)27-9-12-8-24-15(11-3-4-11)7-14(12)18(27)28/h5-8,10-11H,2-4,9H2,1H3. The van der Waals surface area contributed by atoms with Gasteiger partial charge in [0, 0.05) is 35.1 Å². The van der Waals surface area contributed by atoms with Gasteiger partial charge < -0.3 is 0 Å². The summed E-state index contributed by atoms with van der Waals surface area (Å²) in [6, 6.07) is 3.66. The summed E-state index contributed by atoms with van der Waals surface area (Å²) in [7, 11) is -4.01. The number of nitrogens with zero attached hydrogens (tertiary/aromatic N) is 4. The van der Waals surface area contributed by atoms with Gasteiger partial charge in [-0.3, -0.25) is 19.1 Å². The molecule has 4 heterocycles. The second kappa shape index (κ2) is 6.52. The summed E-state index contributed by atoms with van der Waals surface area (Å²) in [5.74, 6) is -0.632. The third kappa shape index (κ3) is 3.18. The molecule has 31 heavy (non-hydrogen) atoms. The Morgan fingerprint density at radius 2 is 1.97 bits per heavy atom. The molecule has 5 rings (SSSR count). The van der Waals surface area contributed by atoms with Gasteiger partial charge in [-0.25, -0.2) is 13.4 Å². The first-order valence-corrected chi connectivity index (χ1v) is 11.4. The number of carbonyl (C=O) groups excluding carboxylic acids is 1. The van der Waals surface area contributed by atoms with E-state index in [1.165, 1.54) is 11.8 Å². The highest BCUT2D eigenvalue weighted by Crippen LogP contribution is 2.41. The highest BCUT2D eigenvalue weighted by molar-refractivity contribution is 7.91. The highest BCUT2D eigenvalue weighted by atomic mass is 32.2. The Bertz CT molecular complexity index is 1340. The lowest BCUT2D eigenvalue weighted by Crippen LogP contribution is -2.26. The number of fused-ring (bicyclic) bond motifs is 2. The maximum atomic E-state index is 13.2. The van der Waals surface area contributed by atoms with Gasteiger partial charge >= 0.3 is 6.18 Å². The quantitative estimate of drug-likeness (QED) is 0.607. The van der Waals surface area contributed by atoms with Crippen LogP contribution in [0.15, 0.2) is 35.6 Å². The van der Waals surface area contributed by atoms with Crippen LogP contribution in [-0.4, -0.2) is 34.4 Å². The Kier molecular flexibility index (Phi) is 4.20. The largest absolute Gasteiger partial charge is 0.417 e. The predicted octanol–water partition coefficient (Wildman–Crippen LogP) is 3.58. The average Bonchev–Trinajstić information content (AvgIpc) is 3.42. The molecule has 0 radical (unpaired) electrons. The lowest BCUT2D eigenvalue weighted by molar-refractivity contribution is -0.137. The van der Waals surface area contributed by atoms with Crippen LogP contribution in [0.4, 0.5) is 19.0 Å².